The number of cyclic esters (lactones) is 1. The molecular weight excluding hydrogens is 538 g/mol. The van der Waals surface area contributed by atoms with E-state index in [1.165, 1.54) is 0 Å². The molecular formula is C32H41N3O7. The van der Waals surface area contributed by atoms with E-state index in [9.17, 15) is 24.3 Å². The Labute approximate surface area is 246 Å². The maximum absolute atomic E-state index is 14.3. The van der Waals surface area contributed by atoms with Crippen molar-refractivity contribution in [2.45, 2.75) is 75.8 Å². The van der Waals surface area contributed by atoms with E-state index in [4.69, 9.17) is 9.47 Å². The van der Waals surface area contributed by atoms with Crippen LogP contribution in [0, 0.1) is 11.8 Å². The molecule has 4 heterocycles. The van der Waals surface area contributed by atoms with Crippen molar-refractivity contribution in [3.05, 3.63) is 60.2 Å². The quantitative estimate of drug-likeness (QED) is 0.289. The highest BCUT2D eigenvalue weighted by atomic mass is 16.6. The van der Waals surface area contributed by atoms with Crippen molar-refractivity contribution < 1.29 is 33.8 Å². The first kappa shape index (κ1) is 30.0. The molecule has 5 rings (SSSR count). The number of likely N-dealkylation sites (tertiary alicyclic amines) is 1. The van der Waals surface area contributed by atoms with Gasteiger partial charge in [0.05, 0.1) is 18.6 Å². The molecule has 1 aromatic rings. The minimum absolute atomic E-state index is 0.0564. The van der Waals surface area contributed by atoms with E-state index in [0.29, 0.717) is 38.8 Å². The van der Waals surface area contributed by atoms with Crippen LogP contribution in [0.5, 0.6) is 0 Å². The van der Waals surface area contributed by atoms with Gasteiger partial charge in [-0.3, -0.25) is 19.2 Å². The molecule has 4 aliphatic heterocycles. The molecule has 42 heavy (non-hydrogen) atoms. The zero-order valence-electron chi connectivity index (χ0n) is 24.3. The Kier molecular flexibility index (Phi) is 9.13. The lowest BCUT2D eigenvalue weighted by atomic mass is 9.74. The highest BCUT2D eigenvalue weighted by Gasteiger charge is 2.73. The molecule has 1 aromatic carbocycles. The summed E-state index contributed by atoms with van der Waals surface area (Å²) in [5, 5.41) is 12.1. The van der Waals surface area contributed by atoms with Gasteiger partial charge in [0, 0.05) is 32.2 Å². The molecule has 3 amide bonds. The molecule has 2 fully saturated rings. The Hall–Kier alpha value is -3.50. The molecule has 10 nitrogen and oxygen atoms in total. The number of aliphatic hydroxyl groups excluding tert-OH is 1. The van der Waals surface area contributed by atoms with Crippen LogP contribution in [0.1, 0.15) is 57.6 Å². The molecule has 0 unspecified atom stereocenters. The summed E-state index contributed by atoms with van der Waals surface area (Å²) in [7, 11) is 0. The summed E-state index contributed by atoms with van der Waals surface area (Å²) in [5.41, 5.74) is -0.553. The van der Waals surface area contributed by atoms with Crippen molar-refractivity contribution in [2.24, 2.45) is 11.8 Å². The van der Waals surface area contributed by atoms with Gasteiger partial charge in [0.2, 0.25) is 17.7 Å². The van der Waals surface area contributed by atoms with Crippen LogP contribution >= 0.6 is 0 Å². The molecule has 10 heteroatoms. The van der Waals surface area contributed by atoms with Gasteiger partial charge in [-0.05, 0) is 45.1 Å². The number of rotatable bonds is 7. The predicted molar refractivity (Wildman–Crippen MR) is 154 cm³/mol. The summed E-state index contributed by atoms with van der Waals surface area (Å²) in [4.78, 5) is 58.3. The fourth-order valence-corrected chi connectivity index (χ4v) is 6.67. The van der Waals surface area contributed by atoms with Crippen molar-refractivity contribution in [3.63, 3.8) is 0 Å². The lowest BCUT2D eigenvalue weighted by Gasteiger charge is -2.37. The number of unbranched alkanes of at least 4 members (excludes halogenated alkanes) is 2. The number of esters is 1. The number of hydrogen-bond acceptors (Lipinski definition) is 7. The van der Waals surface area contributed by atoms with E-state index in [2.05, 4.69) is 5.32 Å². The van der Waals surface area contributed by atoms with Crippen molar-refractivity contribution >= 4 is 23.7 Å². The van der Waals surface area contributed by atoms with Crippen LogP contribution in [0.25, 0.3) is 0 Å². The topological polar surface area (TPSA) is 125 Å². The van der Waals surface area contributed by atoms with Crippen molar-refractivity contribution in [1.82, 2.24) is 15.1 Å². The number of ether oxygens (including phenoxy) is 2. The first-order valence-electron chi connectivity index (χ1n) is 15.0. The number of nitrogens with one attached hydrogen (secondary N) is 1. The summed E-state index contributed by atoms with van der Waals surface area (Å²) in [6, 6.07) is 8.10. The molecule has 0 aliphatic carbocycles. The molecule has 4 aliphatic rings. The van der Waals surface area contributed by atoms with Crippen molar-refractivity contribution in [2.75, 3.05) is 26.2 Å². The number of nitrogens with zero attached hydrogens (tertiary/aromatic N) is 2. The molecule has 5 bridgehead atoms. The Bertz CT molecular complexity index is 1230. The van der Waals surface area contributed by atoms with Crippen LogP contribution in [-0.2, 0) is 28.7 Å². The molecule has 1 spiro atoms. The van der Waals surface area contributed by atoms with Crippen molar-refractivity contribution in [3.8, 4) is 0 Å². The van der Waals surface area contributed by atoms with E-state index in [1.54, 1.807) is 22.0 Å². The third-order valence-electron chi connectivity index (χ3n) is 8.76. The average molecular weight is 580 g/mol. The number of aliphatic hydroxyl groups is 1. The van der Waals surface area contributed by atoms with Crippen LogP contribution in [-0.4, -0.2) is 88.6 Å². The summed E-state index contributed by atoms with van der Waals surface area (Å²) >= 11 is 0. The Balaban J connectivity index is 1.53. The standard InChI is InChI=1S/C32H41N3O7/c1-21(2)34-17-9-4-8-14-25(37)33-20-24(22-12-6-3-7-13-22)41-31(40)26-23-15-16-32(42-23)27(26)29(38)35(28(32)30(34)39)18-10-5-11-19-36/h3-4,6-7,9,12-13,15-16,21,23-24,26-28,36H,5,8,10-11,14,17-20H2,1-2H3,(H,33,37)/b9-4-/t23-,24-,26+,27+,28-,32+/m0/s1. The molecule has 0 radical (unpaired) electrons. The SMILES string of the molecule is CC(C)N1C/C=C\CCC(=O)NC[C@@H](c2ccccc2)OC(=O)[C@@H]2[C@@H]3C=C[C@]4(O3)[C@H](C1=O)N(CCCCCO)C(=O)[C@@H]24. The Morgan fingerprint density at radius 3 is 2.57 bits per heavy atom. The van der Waals surface area contributed by atoms with E-state index in [-0.39, 0.29) is 43.3 Å². The Morgan fingerprint density at radius 2 is 1.83 bits per heavy atom. The smallest absolute Gasteiger partial charge is 0.313 e. The predicted octanol–water partition coefficient (Wildman–Crippen LogP) is 2.29. The van der Waals surface area contributed by atoms with Gasteiger partial charge in [-0.2, -0.15) is 0 Å². The number of hydrogen-bond donors (Lipinski definition) is 2. The number of carbonyl (C=O) groups is 4. The minimum atomic E-state index is -1.28. The third kappa shape index (κ3) is 5.62. The van der Waals surface area contributed by atoms with Gasteiger partial charge in [-0.25, -0.2) is 0 Å². The first-order valence-corrected chi connectivity index (χ1v) is 15.0. The molecule has 6 atom stereocenters. The molecule has 2 N–H and O–H groups in total. The first-order chi connectivity index (χ1) is 20.3. The summed E-state index contributed by atoms with van der Waals surface area (Å²) in [6.45, 7) is 4.63. The second-order valence-electron chi connectivity index (χ2n) is 11.8. The lowest BCUT2D eigenvalue weighted by Crippen LogP contribution is -2.57. The van der Waals surface area contributed by atoms with Gasteiger partial charge in [-0.1, -0.05) is 54.6 Å². The van der Waals surface area contributed by atoms with E-state index >= 15 is 0 Å². The van der Waals surface area contributed by atoms with Crippen LogP contribution in [0.4, 0.5) is 0 Å². The van der Waals surface area contributed by atoms with Gasteiger partial charge in [0.1, 0.15) is 23.7 Å². The number of fused-ring (bicyclic) bond motifs is 2. The second kappa shape index (κ2) is 12.8. The van der Waals surface area contributed by atoms with E-state index in [1.807, 2.05) is 56.3 Å². The summed E-state index contributed by atoms with van der Waals surface area (Å²) in [6.07, 6.45) is 8.55. The van der Waals surface area contributed by atoms with Crippen molar-refractivity contribution in [1.29, 1.82) is 0 Å². The Morgan fingerprint density at radius 1 is 1.05 bits per heavy atom. The number of allylic oxidation sites excluding steroid dienone is 1. The molecule has 0 aromatic heterocycles. The second-order valence-corrected chi connectivity index (χ2v) is 11.8. The van der Waals surface area contributed by atoms with Crippen LogP contribution in [0.15, 0.2) is 54.6 Å². The van der Waals surface area contributed by atoms with Gasteiger partial charge < -0.3 is 29.7 Å². The summed E-state index contributed by atoms with van der Waals surface area (Å²) < 4.78 is 12.5. The zero-order chi connectivity index (χ0) is 29.9. The average Bonchev–Trinajstić information content (AvgIpc) is 3.62. The zero-order valence-corrected chi connectivity index (χ0v) is 24.3. The normalized spacial score (nSPS) is 32.3. The van der Waals surface area contributed by atoms with Gasteiger partial charge in [0.25, 0.3) is 0 Å². The highest BCUT2D eigenvalue weighted by molar-refractivity contribution is 5.99. The number of amides is 3. The summed E-state index contributed by atoms with van der Waals surface area (Å²) in [5.74, 6) is -3.13. The fraction of sp³-hybridized carbons (Fsp3) is 0.562. The van der Waals surface area contributed by atoms with E-state index < -0.39 is 41.7 Å². The van der Waals surface area contributed by atoms with Gasteiger partial charge in [0.15, 0.2) is 0 Å². The monoisotopic (exact) mass is 579 g/mol. The number of carbonyl (C=O) groups excluding carboxylic acids is 4. The highest BCUT2D eigenvalue weighted by Crippen LogP contribution is 2.56. The van der Waals surface area contributed by atoms with E-state index in [0.717, 1.165) is 5.56 Å². The van der Waals surface area contributed by atoms with Gasteiger partial charge >= 0.3 is 5.97 Å². The largest absolute Gasteiger partial charge is 0.455 e. The van der Waals surface area contributed by atoms with Crippen LogP contribution < -0.4 is 5.32 Å². The number of benzene rings is 1. The van der Waals surface area contributed by atoms with Crippen LogP contribution in [0.2, 0.25) is 0 Å². The molecule has 226 valence electrons. The lowest BCUT2D eigenvalue weighted by molar-refractivity contribution is -0.159. The molecule has 0 saturated carbocycles. The maximum Gasteiger partial charge on any atom is 0.313 e. The minimum Gasteiger partial charge on any atom is -0.455 e. The van der Waals surface area contributed by atoms with Gasteiger partial charge in [-0.15, -0.1) is 0 Å². The maximum atomic E-state index is 14.3. The van der Waals surface area contributed by atoms with Crippen LogP contribution in [0.3, 0.4) is 0 Å². The fourth-order valence-electron chi connectivity index (χ4n) is 6.67. The third-order valence-corrected chi connectivity index (χ3v) is 8.76. The molecule has 2 saturated heterocycles.